The van der Waals surface area contributed by atoms with E-state index in [1.54, 1.807) is 12.1 Å². The van der Waals surface area contributed by atoms with E-state index >= 15 is 0 Å². The van der Waals surface area contributed by atoms with Gasteiger partial charge in [0.05, 0.1) is 12.0 Å². The highest BCUT2D eigenvalue weighted by atomic mass is 32.2. The Morgan fingerprint density at radius 3 is 2.23 bits per heavy atom. The Balaban J connectivity index is 1.80. The summed E-state index contributed by atoms with van der Waals surface area (Å²) in [5.41, 5.74) is 1.56. The topological polar surface area (TPSA) is 66.9 Å². The highest BCUT2D eigenvalue weighted by Gasteiger charge is 2.33. The van der Waals surface area contributed by atoms with Crippen LogP contribution in [0.1, 0.15) is 28.8 Å². The standard InChI is InChI=1S/C19H22N2O4S/c1-20(25-2)26(23,24)18-12-8-16(9-13-18)19(22)21(17-10-11-17)14-15-6-4-3-5-7-15/h3-9,12-13,17H,10-11,14H2,1-2H3. The summed E-state index contributed by atoms with van der Waals surface area (Å²) in [5, 5.41) is 0. The van der Waals surface area contributed by atoms with Crippen LogP contribution in [-0.2, 0) is 21.4 Å². The molecule has 1 aliphatic carbocycles. The van der Waals surface area contributed by atoms with Crippen molar-refractivity contribution in [3.63, 3.8) is 0 Å². The maximum absolute atomic E-state index is 12.9. The van der Waals surface area contributed by atoms with Crippen molar-refractivity contribution in [2.45, 2.75) is 30.3 Å². The van der Waals surface area contributed by atoms with Crippen molar-refractivity contribution < 1.29 is 18.0 Å². The SMILES string of the molecule is CON(C)S(=O)(=O)c1ccc(C(=O)N(Cc2ccccc2)C2CC2)cc1. The first-order chi connectivity index (χ1) is 12.4. The summed E-state index contributed by atoms with van der Waals surface area (Å²) in [7, 11) is -1.11. The van der Waals surface area contributed by atoms with Gasteiger partial charge >= 0.3 is 0 Å². The molecular formula is C19H22N2O4S. The van der Waals surface area contributed by atoms with Gasteiger partial charge in [-0.05, 0) is 42.7 Å². The second-order valence-corrected chi connectivity index (χ2v) is 8.21. The van der Waals surface area contributed by atoms with Crippen molar-refractivity contribution in [1.29, 1.82) is 0 Å². The molecule has 2 aromatic carbocycles. The number of benzene rings is 2. The molecule has 0 bridgehead atoms. The Hall–Kier alpha value is -2.22. The third-order valence-electron chi connectivity index (χ3n) is 4.44. The molecule has 1 aliphatic rings. The van der Waals surface area contributed by atoms with Crippen LogP contribution in [0.15, 0.2) is 59.5 Å². The van der Waals surface area contributed by atoms with Gasteiger partial charge in [-0.15, -0.1) is 0 Å². The number of carbonyl (C=O) groups excluding carboxylic acids is 1. The molecule has 0 saturated heterocycles. The molecule has 0 unspecified atom stereocenters. The van der Waals surface area contributed by atoms with Crippen molar-refractivity contribution >= 4 is 15.9 Å². The maximum Gasteiger partial charge on any atom is 0.264 e. The molecule has 0 heterocycles. The molecule has 1 saturated carbocycles. The summed E-state index contributed by atoms with van der Waals surface area (Å²) in [6.07, 6.45) is 2.01. The smallest absolute Gasteiger partial charge is 0.264 e. The number of nitrogens with zero attached hydrogens (tertiary/aromatic N) is 2. The molecule has 3 rings (SSSR count). The van der Waals surface area contributed by atoms with Crippen LogP contribution >= 0.6 is 0 Å². The number of hydrogen-bond donors (Lipinski definition) is 0. The van der Waals surface area contributed by atoms with Gasteiger partial charge in [-0.3, -0.25) is 9.63 Å². The fraction of sp³-hybridized carbons (Fsp3) is 0.316. The van der Waals surface area contributed by atoms with E-state index in [1.807, 2.05) is 35.2 Å². The summed E-state index contributed by atoms with van der Waals surface area (Å²) in [4.78, 5) is 19.6. The van der Waals surface area contributed by atoms with E-state index in [0.717, 1.165) is 22.9 Å². The molecule has 1 fully saturated rings. The van der Waals surface area contributed by atoms with Crippen LogP contribution in [0.25, 0.3) is 0 Å². The molecule has 7 heteroatoms. The molecule has 1 amide bonds. The summed E-state index contributed by atoms with van der Waals surface area (Å²) >= 11 is 0. The minimum absolute atomic E-state index is 0.0828. The molecule has 0 spiro atoms. The monoisotopic (exact) mass is 374 g/mol. The van der Waals surface area contributed by atoms with E-state index in [2.05, 4.69) is 0 Å². The van der Waals surface area contributed by atoms with Crippen LogP contribution in [0, 0.1) is 0 Å². The van der Waals surface area contributed by atoms with E-state index in [9.17, 15) is 13.2 Å². The van der Waals surface area contributed by atoms with Gasteiger partial charge in [0.1, 0.15) is 0 Å². The minimum atomic E-state index is -3.72. The van der Waals surface area contributed by atoms with Crippen molar-refractivity contribution in [2.24, 2.45) is 0 Å². The predicted molar refractivity (Wildman–Crippen MR) is 97.7 cm³/mol. The molecule has 0 N–H and O–H groups in total. The third kappa shape index (κ3) is 3.95. The Kier molecular flexibility index (Phi) is 5.41. The Bertz CT molecular complexity index is 862. The summed E-state index contributed by atoms with van der Waals surface area (Å²) in [6, 6.07) is 16.1. The zero-order valence-electron chi connectivity index (χ0n) is 14.8. The lowest BCUT2D eigenvalue weighted by Gasteiger charge is -2.23. The van der Waals surface area contributed by atoms with E-state index in [0.29, 0.717) is 12.1 Å². The van der Waals surface area contributed by atoms with Gasteiger partial charge in [0.25, 0.3) is 15.9 Å². The number of hydrogen-bond acceptors (Lipinski definition) is 4. The van der Waals surface area contributed by atoms with E-state index in [1.165, 1.54) is 26.3 Å². The number of amides is 1. The largest absolute Gasteiger partial charge is 0.331 e. The quantitative estimate of drug-likeness (QED) is 0.699. The first-order valence-electron chi connectivity index (χ1n) is 8.41. The van der Waals surface area contributed by atoms with Crippen LogP contribution in [0.3, 0.4) is 0 Å². The molecule has 0 atom stereocenters. The molecule has 0 aromatic heterocycles. The van der Waals surface area contributed by atoms with Gasteiger partial charge in [-0.1, -0.05) is 34.8 Å². The zero-order chi connectivity index (χ0) is 18.7. The second kappa shape index (κ2) is 7.57. The summed E-state index contributed by atoms with van der Waals surface area (Å²) in [5.74, 6) is -0.0830. The zero-order valence-corrected chi connectivity index (χ0v) is 15.6. The molecule has 0 radical (unpaired) electrons. The maximum atomic E-state index is 12.9. The van der Waals surface area contributed by atoms with Gasteiger partial charge in [-0.25, -0.2) is 8.42 Å². The molecule has 0 aliphatic heterocycles. The second-order valence-electron chi connectivity index (χ2n) is 6.27. The third-order valence-corrected chi connectivity index (χ3v) is 6.13. The molecule has 6 nitrogen and oxygen atoms in total. The highest BCUT2D eigenvalue weighted by molar-refractivity contribution is 7.89. The number of carbonyl (C=O) groups is 1. The van der Waals surface area contributed by atoms with Gasteiger partial charge in [0, 0.05) is 25.2 Å². The molecular weight excluding hydrogens is 352 g/mol. The van der Waals surface area contributed by atoms with E-state index < -0.39 is 10.0 Å². The molecule has 2 aromatic rings. The summed E-state index contributed by atoms with van der Waals surface area (Å²) < 4.78 is 25.3. The average molecular weight is 374 g/mol. The van der Waals surface area contributed by atoms with Crippen molar-refractivity contribution in [3.05, 3.63) is 65.7 Å². The molecule has 138 valence electrons. The fourth-order valence-electron chi connectivity index (χ4n) is 2.71. The van der Waals surface area contributed by atoms with Crippen LogP contribution in [-0.4, -0.2) is 43.9 Å². The normalized spacial score (nSPS) is 14.4. The van der Waals surface area contributed by atoms with Gasteiger partial charge in [0.2, 0.25) is 0 Å². The van der Waals surface area contributed by atoms with Crippen molar-refractivity contribution in [2.75, 3.05) is 14.2 Å². The van der Waals surface area contributed by atoms with Gasteiger partial charge < -0.3 is 4.90 Å². The lowest BCUT2D eigenvalue weighted by atomic mass is 10.1. The predicted octanol–water partition coefficient (Wildman–Crippen LogP) is 2.67. The Morgan fingerprint density at radius 1 is 1.08 bits per heavy atom. The van der Waals surface area contributed by atoms with Crippen LogP contribution in [0.5, 0.6) is 0 Å². The number of rotatable bonds is 7. The number of hydroxylamine groups is 1. The van der Waals surface area contributed by atoms with Crippen LogP contribution in [0.2, 0.25) is 0 Å². The van der Waals surface area contributed by atoms with Crippen LogP contribution < -0.4 is 0 Å². The number of sulfonamides is 1. The first kappa shape index (κ1) is 18.6. The lowest BCUT2D eigenvalue weighted by Crippen LogP contribution is -2.32. The first-order valence-corrected chi connectivity index (χ1v) is 9.85. The van der Waals surface area contributed by atoms with Gasteiger partial charge in [-0.2, -0.15) is 0 Å². The Labute approximate surface area is 154 Å². The lowest BCUT2D eigenvalue weighted by molar-refractivity contribution is -0.0258. The van der Waals surface area contributed by atoms with Gasteiger partial charge in [0.15, 0.2) is 0 Å². The Morgan fingerprint density at radius 2 is 1.69 bits per heavy atom. The van der Waals surface area contributed by atoms with E-state index in [4.69, 9.17) is 4.84 Å². The summed E-state index contributed by atoms with van der Waals surface area (Å²) in [6.45, 7) is 0.552. The average Bonchev–Trinajstić information content (AvgIpc) is 3.51. The minimum Gasteiger partial charge on any atom is -0.331 e. The van der Waals surface area contributed by atoms with E-state index in [-0.39, 0.29) is 16.8 Å². The van der Waals surface area contributed by atoms with Crippen molar-refractivity contribution in [3.8, 4) is 0 Å². The van der Waals surface area contributed by atoms with Crippen LogP contribution in [0.4, 0.5) is 0 Å². The van der Waals surface area contributed by atoms with Crippen molar-refractivity contribution in [1.82, 2.24) is 9.37 Å². The molecule has 26 heavy (non-hydrogen) atoms. The highest BCUT2D eigenvalue weighted by Crippen LogP contribution is 2.30. The fourth-order valence-corrected chi connectivity index (χ4v) is 3.69.